The monoisotopic (exact) mass is 305 g/mol. The van der Waals surface area contributed by atoms with Crippen molar-refractivity contribution in [2.75, 3.05) is 37.8 Å². The van der Waals surface area contributed by atoms with Gasteiger partial charge in [-0.3, -0.25) is 0 Å². The van der Waals surface area contributed by atoms with Crippen molar-refractivity contribution >= 4 is 28.9 Å². The first-order chi connectivity index (χ1) is 10.1. The normalized spacial score (nSPS) is 10.7. The molecular formula is C15H20ClN5. The Labute approximate surface area is 130 Å². The standard InChI is InChI=1S/C15H20ClN5/c1-21(2)8-4-7-17-14-10-15(19-11-18-14)20-13-6-3-5-12(16)9-13/h3,5-6,9-11H,4,7-8H2,1-2H3,(H2,17,18,19,20). The van der Waals surface area contributed by atoms with E-state index in [9.17, 15) is 0 Å². The highest BCUT2D eigenvalue weighted by Gasteiger charge is 2.00. The van der Waals surface area contributed by atoms with Crippen LogP contribution in [-0.2, 0) is 0 Å². The number of rotatable bonds is 7. The van der Waals surface area contributed by atoms with Crippen molar-refractivity contribution in [2.24, 2.45) is 0 Å². The van der Waals surface area contributed by atoms with Crippen LogP contribution in [0.15, 0.2) is 36.7 Å². The molecule has 0 fully saturated rings. The molecule has 0 aliphatic rings. The summed E-state index contributed by atoms with van der Waals surface area (Å²) >= 11 is 5.96. The second-order valence-electron chi connectivity index (χ2n) is 5.01. The molecule has 1 aromatic carbocycles. The van der Waals surface area contributed by atoms with Crippen LogP contribution in [0, 0.1) is 0 Å². The number of halogens is 1. The fourth-order valence-corrected chi connectivity index (χ4v) is 2.04. The Kier molecular flexibility index (Phi) is 5.78. The number of nitrogens with one attached hydrogen (secondary N) is 2. The van der Waals surface area contributed by atoms with Crippen LogP contribution in [0.5, 0.6) is 0 Å². The van der Waals surface area contributed by atoms with E-state index in [1.54, 1.807) is 6.33 Å². The summed E-state index contributed by atoms with van der Waals surface area (Å²) in [6.07, 6.45) is 2.61. The van der Waals surface area contributed by atoms with Crippen LogP contribution in [0.1, 0.15) is 6.42 Å². The minimum atomic E-state index is 0.691. The number of anilines is 3. The van der Waals surface area contributed by atoms with Gasteiger partial charge in [0.15, 0.2) is 0 Å². The Morgan fingerprint density at radius 3 is 2.71 bits per heavy atom. The van der Waals surface area contributed by atoms with Crippen molar-refractivity contribution in [3.8, 4) is 0 Å². The van der Waals surface area contributed by atoms with Crippen LogP contribution in [0.25, 0.3) is 0 Å². The highest BCUT2D eigenvalue weighted by molar-refractivity contribution is 6.30. The molecule has 0 saturated heterocycles. The summed E-state index contributed by atoms with van der Waals surface area (Å²) in [4.78, 5) is 10.6. The highest BCUT2D eigenvalue weighted by Crippen LogP contribution is 2.19. The van der Waals surface area contributed by atoms with Crippen molar-refractivity contribution < 1.29 is 0 Å². The van der Waals surface area contributed by atoms with E-state index >= 15 is 0 Å². The summed E-state index contributed by atoms with van der Waals surface area (Å²) < 4.78 is 0. The van der Waals surface area contributed by atoms with Gasteiger partial charge in [-0.1, -0.05) is 17.7 Å². The molecule has 6 heteroatoms. The van der Waals surface area contributed by atoms with Crippen molar-refractivity contribution in [1.29, 1.82) is 0 Å². The zero-order valence-electron chi connectivity index (χ0n) is 12.3. The molecule has 1 heterocycles. The zero-order valence-corrected chi connectivity index (χ0v) is 13.1. The molecule has 2 aromatic rings. The summed E-state index contributed by atoms with van der Waals surface area (Å²) in [6.45, 7) is 1.93. The van der Waals surface area contributed by atoms with Gasteiger partial charge in [0.1, 0.15) is 18.0 Å². The van der Waals surface area contributed by atoms with E-state index in [2.05, 4.69) is 39.6 Å². The molecule has 2 rings (SSSR count). The molecule has 5 nitrogen and oxygen atoms in total. The molecule has 0 spiro atoms. The van der Waals surface area contributed by atoms with Gasteiger partial charge >= 0.3 is 0 Å². The molecular weight excluding hydrogens is 286 g/mol. The Balaban J connectivity index is 1.91. The van der Waals surface area contributed by atoms with Gasteiger partial charge in [0, 0.05) is 23.3 Å². The lowest BCUT2D eigenvalue weighted by Gasteiger charge is -2.11. The van der Waals surface area contributed by atoms with E-state index in [1.165, 1.54) is 0 Å². The molecule has 0 atom stereocenters. The minimum Gasteiger partial charge on any atom is -0.370 e. The molecule has 0 bridgehead atoms. The van der Waals surface area contributed by atoms with Gasteiger partial charge in [0.25, 0.3) is 0 Å². The van der Waals surface area contributed by atoms with Gasteiger partial charge in [-0.05, 0) is 45.3 Å². The topological polar surface area (TPSA) is 53.1 Å². The van der Waals surface area contributed by atoms with E-state index in [0.717, 1.165) is 36.8 Å². The molecule has 2 N–H and O–H groups in total. The van der Waals surface area contributed by atoms with Gasteiger partial charge in [0.05, 0.1) is 0 Å². The number of hydrogen-bond donors (Lipinski definition) is 2. The Morgan fingerprint density at radius 2 is 1.95 bits per heavy atom. The quantitative estimate of drug-likeness (QED) is 0.769. The van der Waals surface area contributed by atoms with Crippen molar-refractivity contribution in [3.05, 3.63) is 41.7 Å². The highest BCUT2D eigenvalue weighted by atomic mass is 35.5. The van der Waals surface area contributed by atoms with E-state index < -0.39 is 0 Å². The van der Waals surface area contributed by atoms with Crippen LogP contribution in [0.3, 0.4) is 0 Å². The third-order valence-corrected chi connectivity index (χ3v) is 3.09. The largest absolute Gasteiger partial charge is 0.370 e. The van der Waals surface area contributed by atoms with Crippen LogP contribution in [-0.4, -0.2) is 42.1 Å². The van der Waals surface area contributed by atoms with E-state index in [1.807, 2.05) is 30.3 Å². The average molecular weight is 306 g/mol. The Bertz CT molecular complexity index is 573. The van der Waals surface area contributed by atoms with Crippen LogP contribution in [0.2, 0.25) is 5.02 Å². The third kappa shape index (κ3) is 5.57. The number of benzene rings is 1. The van der Waals surface area contributed by atoms with Gasteiger partial charge in [-0.15, -0.1) is 0 Å². The van der Waals surface area contributed by atoms with Crippen molar-refractivity contribution in [2.45, 2.75) is 6.42 Å². The van der Waals surface area contributed by atoms with Gasteiger partial charge in [0.2, 0.25) is 0 Å². The summed E-state index contributed by atoms with van der Waals surface area (Å²) in [5.41, 5.74) is 0.903. The predicted octanol–water partition coefficient (Wildman–Crippen LogP) is 3.24. The number of aromatic nitrogens is 2. The van der Waals surface area contributed by atoms with Crippen LogP contribution < -0.4 is 10.6 Å². The number of hydrogen-bond acceptors (Lipinski definition) is 5. The Hall–Kier alpha value is -1.85. The molecule has 0 radical (unpaired) electrons. The molecule has 1 aromatic heterocycles. The van der Waals surface area contributed by atoms with Crippen molar-refractivity contribution in [3.63, 3.8) is 0 Å². The molecule has 112 valence electrons. The Morgan fingerprint density at radius 1 is 1.14 bits per heavy atom. The molecule has 0 aliphatic carbocycles. The van der Waals surface area contributed by atoms with Crippen LogP contribution in [0.4, 0.5) is 17.3 Å². The van der Waals surface area contributed by atoms with Gasteiger partial charge in [-0.2, -0.15) is 0 Å². The molecule has 0 amide bonds. The molecule has 0 saturated carbocycles. The lowest BCUT2D eigenvalue weighted by Crippen LogP contribution is -2.16. The summed E-state index contributed by atoms with van der Waals surface area (Å²) in [5, 5.41) is 7.19. The maximum absolute atomic E-state index is 5.96. The maximum Gasteiger partial charge on any atom is 0.135 e. The first-order valence-electron chi connectivity index (χ1n) is 6.87. The predicted molar refractivity (Wildman–Crippen MR) is 88.4 cm³/mol. The third-order valence-electron chi connectivity index (χ3n) is 2.85. The van der Waals surface area contributed by atoms with Gasteiger partial charge in [-0.25, -0.2) is 9.97 Å². The average Bonchev–Trinajstić information content (AvgIpc) is 2.44. The van der Waals surface area contributed by atoms with Crippen LogP contribution >= 0.6 is 11.6 Å². The first kappa shape index (κ1) is 15.5. The first-order valence-corrected chi connectivity index (χ1v) is 7.24. The van der Waals surface area contributed by atoms with Crippen molar-refractivity contribution in [1.82, 2.24) is 14.9 Å². The zero-order chi connectivity index (χ0) is 15.1. The summed E-state index contributed by atoms with van der Waals surface area (Å²) in [7, 11) is 4.13. The van der Waals surface area contributed by atoms with E-state index in [-0.39, 0.29) is 0 Å². The van der Waals surface area contributed by atoms with E-state index in [4.69, 9.17) is 11.6 Å². The fourth-order valence-electron chi connectivity index (χ4n) is 1.85. The SMILES string of the molecule is CN(C)CCCNc1cc(Nc2cccc(Cl)c2)ncn1. The molecule has 0 unspecified atom stereocenters. The molecule has 0 aliphatic heterocycles. The lowest BCUT2D eigenvalue weighted by atomic mass is 10.3. The second kappa shape index (κ2) is 7.81. The smallest absolute Gasteiger partial charge is 0.135 e. The van der Waals surface area contributed by atoms with E-state index in [0.29, 0.717) is 5.02 Å². The second-order valence-corrected chi connectivity index (χ2v) is 5.44. The lowest BCUT2D eigenvalue weighted by molar-refractivity contribution is 0.405. The number of nitrogens with zero attached hydrogens (tertiary/aromatic N) is 3. The summed E-state index contributed by atoms with van der Waals surface area (Å²) in [5.74, 6) is 1.55. The summed E-state index contributed by atoms with van der Waals surface area (Å²) in [6, 6.07) is 9.42. The maximum atomic E-state index is 5.96. The minimum absolute atomic E-state index is 0.691. The van der Waals surface area contributed by atoms with Gasteiger partial charge < -0.3 is 15.5 Å². The fraction of sp³-hybridized carbons (Fsp3) is 0.333. The molecule has 21 heavy (non-hydrogen) atoms.